The van der Waals surface area contributed by atoms with E-state index < -0.39 is 22.2 Å². The van der Waals surface area contributed by atoms with Gasteiger partial charge in [0.15, 0.2) is 6.19 Å². The molecule has 180 valence electrons. The zero-order valence-corrected chi connectivity index (χ0v) is 20.1. The van der Waals surface area contributed by atoms with E-state index >= 15 is 0 Å². The van der Waals surface area contributed by atoms with Crippen molar-refractivity contribution in [3.63, 3.8) is 0 Å². The largest absolute Gasteiger partial charge is 0.391 e. The third-order valence-corrected chi connectivity index (χ3v) is 7.38. The Morgan fingerprint density at radius 2 is 1.83 bits per heavy atom. The molecule has 1 aliphatic carbocycles. The van der Waals surface area contributed by atoms with E-state index in [9.17, 15) is 13.5 Å². The van der Waals surface area contributed by atoms with Gasteiger partial charge in [-0.25, -0.2) is 18.1 Å². The number of aliphatic imine (C=N–C) groups is 1. The number of nitrogens with one attached hydrogen (secondary N) is 3. The third-order valence-electron chi connectivity index (χ3n) is 5.92. The summed E-state index contributed by atoms with van der Waals surface area (Å²) in [6, 6.07) is 21.0. The number of sulfonamides is 1. The number of fused-ring (bicyclic) bond motifs is 1. The highest BCUT2D eigenvalue weighted by Gasteiger charge is 2.34. The molecule has 0 bridgehead atoms. The fraction of sp³-hybridized carbons (Fsp3) is 0.231. The highest BCUT2D eigenvalue weighted by Crippen LogP contribution is 2.34. The summed E-state index contributed by atoms with van der Waals surface area (Å²) in [7, 11) is -3.84. The molecule has 35 heavy (non-hydrogen) atoms. The minimum absolute atomic E-state index is 0.151. The first-order chi connectivity index (χ1) is 16.9. The molecule has 4 rings (SSSR count). The Labute approximate surface area is 205 Å². The average molecular weight is 490 g/mol. The Bertz CT molecular complexity index is 1350. The van der Waals surface area contributed by atoms with Crippen molar-refractivity contribution in [3.8, 4) is 6.19 Å². The average Bonchev–Trinajstić information content (AvgIpc) is 3.17. The van der Waals surface area contributed by atoms with E-state index in [1.54, 1.807) is 30.3 Å². The maximum Gasteiger partial charge on any atom is 0.241 e. The quantitative estimate of drug-likeness (QED) is 0.175. The van der Waals surface area contributed by atoms with Crippen molar-refractivity contribution < 1.29 is 13.5 Å². The lowest BCUT2D eigenvalue weighted by Gasteiger charge is -2.19. The zero-order valence-electron chi connectivity index (χ0n) is 19.3. The lowest BCUT2D eigenvalue weighted by molar-refractivity contribution is 0.151. The molecule has 0 fully saturated rings. The van der Waals surface area contributed by atoms with Gasteiger partial charge in [0.25, 0.3) is 0 Å². The normalized spacial score (nSPS) is 17.5. The summed E-state index contributed by atoms with van der Waals surface area (Å²) in [6.45, 7) is 2.38. The van der Waals surface area contributed by atoms with Crippen LogP contribution in [0.15, 0.2) is 82.7 Å². The Balaban J connectivity index is 1.54. The van der Waals surface area contributed by atoms with Gasteiger partial charge in [-0.1, -0.05) is 55.5 Å². The van der Waals surface area contributed by atoms with Crippen LogP contribution in [0.3, 0.4) is 0 Å². The predicted molar refractivity (Wildman–Crippen MR) is 135 cm³/mol. The van der Waals surface area contributed by atoms with Gasteiger partial charge in [0.2, 0.25) is 16.0 Å². The molecule has 0 amide bonds. The van der Waals surface area contributed by atoms with Crippen molar-refractivity contribution in [2.75, 3.05) is 5.32 Å². The highest BCUT2D eigenvalue weighted by molar-refractivity contribution is 7.89. The van der Waals surface area contributed by atoms with Crippen molar-refractivity contribution in [2.45, 2.75) is 43.4 Å². The number of aliphatic hydroxyl groups excluding tert-OH is 1. The van der Waals surface area contributed by atoms with Gasteiger partial charge in [0, 0.05) is 12.1 Å². The van der Waals surface area contributed by atoms with Gasteiger partial charge in [0.1, 0.15) is 0 Å². The van der Waals surface area contributed by atoms with Crippen LogP contribution in [0, 0.1) is 11.5 Å². The standard InChI is InChI=1S/C26H27N5O3S/c1-2-18-8-12-22(13-9-18)35(33,34)31-25-23-15-21(11-10-20(23)14-24(25)32)30-26(29-17-27)28-16-19-6-4-3-5-7-19/h3-13,15,24-25,31-32H,2,14,16H2,1H3,(H2,28,29,30)/t24-,25+/m0/s1. The molecular formula is C26H27N5O3S. The van der Waals surface area contributed by atoms with E-state index in [-0.39, 0.29) is 10.9 Å². The van der Waals surface area contributed by atoms with Gasteiger partial charge in [0.05, 0.1) is 23.6 Å². The highest BCUT2D eigenvalue weighted by atomic mass is 32.2. The molecule has 2 atom stereocenters. The van der Waals surface area contributed by atoms with Crippen molar-refractivity contribution in [3.05, 3.63) is 95.1 Å². The molecule has 8 nitrogen and oxygen atoms in total. The van der Waals surface area contributed by atoms with Crippen LogP contribution in [0.4, 0.5) is 5.69 Å². The number of anilines is 1. The van der Waals surface area contributed by atoms with Gasteiger partial charge in [-0.05, 0) is 52.9 Å². The van der Waals surface area contributed by atoms with Gasteiger partial charge >= 0.3 is 0 Å². The summed E-state index contributed by atoms with van der Waals surface area (Å²) in [5.74, 6) is 0.267. The molecule has 0 aromatic heterocycles. The smallest absolute Gasteiger partial charge is 0.241 e. The molecule has 4 N–H and O–H groups in total. The fourth-order valence-corrected chi connectivity index (χ4v) is 5.28. The molecule has 0 radical (unpaired) electrons. The first-order valence-electron chi connectivity index (χ1n) is 11.3. The summed E-state index contributed by atoms with van der Waals surface area (Å²) >= 11 is 0. The SMILES string of the molecule is CCc1ccc(S(=O)(=O)N[C@@H]2c3cc(NC(=NCc4ccccc4)NC#N)ccc3C[C@@H]2O)cc1. The molecule has 3 aromatic carbocycles. The number of aryl methyl sites for hydroxylation is 1. The van der Waals surface area contributed by atoms with E-state index in [4.69, 9.17) is 5.26 Å². The maximum absolute atomic E-state index is 13.0. The predicted octanol–water partition coefficient (Wildman–Crippen LogP) is 3.22. The minimum Gasteiger partial charge on any atom is -0.391 e. The van der Waals surface area contributed by atoms with E-state index in [0.29, 0.717) is 24.2 Å². The Morgan fingerprint density at radius 3 is 2.51 bits per heavy atom. The number of hydrogen-bond donors (Lipinski definition) is 4. The second-order valence-electron chi connectivity index (χ2n) is 8.29. The minimum atomic E-state index is -3.84. The number of aliphatic hydroxyl groups is 1. The number of benzene rings is 3. The summed E-state index contributed by atoms with van der Waals surface area (Å²) < 4.78 is 28.7. The molecule has 0 heterocycles. The van der Waals surface area contributed by atoms with Gasteiger partial charge < -0.3 is 10.4 Å². The summed E-state index contributed by atoms with van der Waals surface area (Å²) in [6.07, 6.45) is 2.13. The maximum atomic E-state index is 13.0. The van der Waals surface area contributed by atoms with E-state index in [1.165, 1.54) is 0 Å². The van der Waals surface area contributed by atoms with Crippen LogP contribution in [0.25, 0.3) is 0 Å². The number of hydrogen-bond acceptors (Lipinski definition) is 5. The van der Waals surface area contributed by atoms with Crippen molar-refractivity contribution in [1.82, 2.24) is 10.0 Å². The van der Waals surface area contributed by atoms with Crippen molar-refractivity contribution in [2.24, 2.45) is 4.99 Å². The third kappa shape index (κ3) is 5.87. The van der Waals surface area contributed by atoms with E-state index in [1.807, 2.05) is 55.6 Å². The van der Waals surface area contributed by atoms with Crippen molar-refractivity contribution >= 4 is 21.7 Å². The van der Waals surface area contributed by atoms with Crippen LogP contribution in [0.2, 0.25) is 0 Å². The van der Waals surface area contributed by atoms with Crippen LogP contribution in [0.1, 0.15) is 35.2 Å². The summed E-state index contributed by atoms with van der Waals surface area (Å²) in [4.78, 5) is 4.58. The molecule has 0 spiro atoms. The second-order valence-corrected chi connectivity index (χ2v) is 10.0. The number of rotatable bonds is 7. The van der Waals surface area contributed by atoms with Crippen molar-refractivity contribution in [1.29, 1.82) is 5.26 Å². The number of nitriles is 1. The zero-order chi connectivity index (χ0) is 24.8. The van der Waals surface area contributed by atoms with Crippen LogP contribution < -0.4 is 15.4 Å². The molecule has 0 saturated heterocycles. The van der Waals surface area contributed by atoms with Crippen LogP contribution in [-0.2, 0) is 29.4 Å². The first kappa shape index (κ1) is 24.4. The topological polar surface area (TPSA) is 127 Å². The summed E-state index contributed by atoms with van der Waals surface area (Å²) in [5.41, 5.74) is 4.18. The lowest BCUT2D eigenvalue weighted by atomic mass is 10.1. The Kier molecular flexibility index (Phi) is 7.46. The molecule has 3 aromatic rings. The second kappa shape index (κ2) is 10.7. The molecule has 0 saturated carbocycles. The molecule has 1 aliphatic rings. The lowest BCUT2D eigenvalue weighted by Crippen LogP contribution is -2.34. The summed E-state index contributed by atoms with van der Waals surface area (Å²) in [5, 5.41) is 25.4. The monoisotopic (exact) mass is 489 g/mol. The van der Waals surface area contributed by atoms with Gasteiger partial charge in [-0.2, -0.15) is 5.26 Å². The van der Waals surface area contributed by atoms with Gasteiger partial charge in [-0.3, -0.25) is 5.32 Å². The van der Waals surface area contributed by atoms with Crippen LogP contribution in [0.5, 0.6) is 0 Å². The molecule has 0 aliphatic heterocycles. The molecular weight excluding hydrogens is 462 g/mol. The molecule has 9 heteroatoms. The van der Waals surface area contributed by atoms with E-state index in [2.05, 4.69) is 20.3 Å². The fourth-order valence-electron chi connectivity index (χ4n) is 4.03. The number of guanidine groups is 1. The Hall–Kier alpha value is -3.71. The van der Waals surface area contributed by atoms with Gasteiger partial charge in [-0.15, -0.1) is 0 Å². The van der Waals surface area contributed by atoms with Crippen LogP contribution in [-0.4, -0.2) is 25.6 Å². The van der Waals surface area contributed by atoms with Crippen LogP contribution >= 0.6 is 0 Å². The Morgan fingerprint density at radius 1 is 1.09 bits per heavy atom. The first-order valence-corrected chi connectivity index (χ1v) is 12.8. The molecule has 0 unspecified atom stereocenters. The number of nitrogens with zero attached hydrogens (tertiary/aromatic N) is 2. The van der Waals surface area contributed by atoms with E-state index in [0.717, 1.165) is 23.1 Å².